The maximum atomic E-state index is 11.0. The Hall–Kier alpha value is -0.790. The van der Waals surface area contributed by atoms with Crippen LogP contribution in [-0.4, -0.2) is 11.1 Å². The van der Waals surface area contributed by atoms with Gasteiger partial charge in [0.05, 0.1) is 5.92 Å². The number of carboxylic acids is 1. The molecule has 0 aromatic carbocycles. The van der Waals surface area contributed by atoms with Crippen LogP contribution in [0, 0.1) is 16.7 Å². The Morgan fingerprint density at radius 3 is 2.71 bits per heavy atom. The molecule has 0 heterocycles. The fraction of sp³-hybridized carbons (Fsp3) is 0.750. The molecular formula is C12H18O2. The molecule has 78 valence electrons. The standard InChI is InChI=1S/C12H18O2/c1-11-4-3-5-12(2,8-11)7-9(6-11)10(13)14/h3-4,9H,5-8H2,1-2H3,(H,13,14)/t9-,11+,12-/m0/s1. The highest BCUT2D eigenvalue weighted by Gasteiger charge is 2.45. The highest BCUT2D eigenvalue weighted by Crippen LogP contribution is 2.54. The van der Waals surface area contributed by atoms with Crippen LogP contribution in [0.25, 0.3) is 0 Å². The van der Waals surface area contributed by atoms with Gasteiger partial charge in [-0.1, -0.05) is 26.0 Å². The second-order valence-electron chi connectivity index (χ2n) is 5.69. The van der Waals surface area contributed by atoms with Crippen LogP contribution in [0.2, 0.25) is 0 Å². The SMILES string of the molecule is C[C@@]12C=CC[C@@](C)(C[C@@H](C(=O)O)C1)C2. The molecule has 0 aromatic rings. The van der Waals surface area contributed by atoms with Crippen molar-refractivity contribution < 1.29 is 9.90 Å². The first kappa shape index (κ1) is 9.75. The Bertz CT molecular complexity index is 295. The van der Waals surface area contributed by atoms with Crippen LogP contribution >= 0.6 is 0 Å². The van der Waals surface area contributed by atoms with Crippen LogP contribution < -0.4 is 0 Å². The number of carbonyl (C=O) groups is 1. The van der Waals surface area contributed by atoms with Gasteiger partial charge in [0.25, 0.3) is 0 Å². The van der Waals surface area contributed by atoms with Crippen molar-refractivity contribution in [1.82, 2.24) is 0 Å². The van der Waals surface area contributed by atoms with Crippen molar-refractivity contribution in [2.75, 3.05) is 0 Å². The lowest BCUT2D eigenvalue weighted by atomic mass is 9.56. The largest absolute Gasteiger partial charge is 0.481 e. The van der Waals surface area contributed by atoms with E-state index < -0.39 is 5.97 Å². The van der Waals surface area contributed by atoms with Crippen molar-refractivity contribution in [3.8, 4) is 0 Å². The van der Waals surface area contributed by atoms with Gasteiger partial charge in [-0.05, 0) is 36.5 Å². The van der Waals surface area contributed by atoms with Crippen molar-refractivity contribution in [3.05, 3.63) is 12.2 Å². The zero-order valence-electron chi connectivity index (χ0n) is 8.92. The van der Waals surface area contributed by atoms with E-state index in [0.717, 1.165) is 25.7 Å². The fourth-order valence-corrected chi connectivity index (χ4v) is 3.43. The summed E-state index contributed by atoms with van der Waals surface area (Å²) >= 11 is 0. The Morgan fingerprint density at radius 1 is 1.43 bits per heavy atom. The second-order valence-corrected chi connectivity index (χ2v) is 5.69. The van der Waals surface area contributed by atoms with E-state index in [2.05, 4.69) is 26.0 Å². The van der Waals surface area contributed by atoms with Gasteiger partial charge in [0, 0.05) is 0 Å². The normalized spacial score (nSPS) is 46.3. The van der Waals surface area contributed by atoms with E-state index in [4.69, 9.17) is 5.11 Å². The number of hydrogen-bond acceptors (Lipinski definition) is 1. The van der Waals surface area contributed by atoms with Gasteiger partial charge < -0.3 is 5.11 Å². The quantitative estimate of drug-likeness (QED) is 0.652. The van der Waals surface area contributed by atoms with Crippen LogP contribution in [-0.2, 0) is 4.79 Å². The van der Waals surface area contributed by atoms with E-state index in [0.29, 0.717) is 0 Å². The molecule has 1 saturated carbocycles. The molecule has 2 bridgehead atoms. The lowest BCUT2D eigenvalue weighted by molar-refractivity contribution is -0.146. The lowest BCUT2D eigenvalue weighted by Crippen LogP contribution is -2.40. The van der Waals surface area contributed by atoms with Crippen molar-refractivity contribution >= 4 is 5.97 Å². The molecule has 2 aliphatic carbocycles. The van der Waals surface area contributed by atoms with E-state index in [1.54, 1.807) is 0 Å². The van der Waals surface area contributed by atoms with Gasteiger partial charge in [-0.25, -0.2) is 0 Å². The minimum atomic E-state index is -0.613. The molecule has 0 radical (unpaired) electrons. The molecule has 0 spiro atoms. The summed E-state index contributed by atoms with van der Waals surface area (Å²) in [5.41, 5.74) is 0.360. The van der Waals surface area contributed by atoms with E-state index in [-0.39, 0.29) is 16.7 Å². The summed E-state index contributed by atoms with van der Waals surface area (Å²) in [6, 6.07) is 0. The molecule has 0 saturated heterocycles. The Balaban J connectivity index is 2.27. The van der Waals surface area contributed by atoms with Crippen molar-refractivity contribution in [2.45, 2.75) is 39.5 Å². The molecule has 2 aliphatic rings. The van der Waals surface area contributed by atoms with Gasteiger partial charge in [-0.3, -0.25) is 4.79 Å². The topological polar surface area (TPSA) is 37.3 Å². The average Bonchev–Trinajstić information content (AvgIpc) is 1.99. The maximum absolute atomic E-state index is 11.0. The van der Waals surface area contributed by atoms with Crippen molar-refractivity contribution in [2.24, 2.45) is 16.7 Å². The van der Waals surface area contributed by atoms with Crippen LogP contribution in [0.1, 0.15) is 39.5 Å². The number of hydrogen-bond donors (Lipinski definition) is 1. The summed E-state index contributed by atoms with van der Waals surface area (Å²) in [5, 5.41) is 9.10. The summed E-state index contributed by atoms with van der Waals surface area (Å²) in [4.78, 5) is 11.0. The third-order valence-electron chi connectivity index (χ3n) is 3.76. The van der Waals surface area contributed by atoms with E-state index in [9.17, 15) is 4.79 Å². The molecule has 0 unspecified atom stereocenters. The molecule has 2 heteroatoms. The minimum absolute atomic E-state index is 0.133. The van der Waals surface area contributed by atoms with E-state index in [1.807, 2.05) is 0 Å². The van der Waals surface area contributed by atoms with Crippen molar-refractivity contribution in [1.29, 1.82) is 0 Å². The monoisotopic (exact) mass is 194 g/mol. The molecule has 1 fully saturated rings. The van der Waals surface area contributed by atoms with Gasteiger partial charge >= 0.3 is 5.97 Å². The summed E-state index contributed by atoms with van der Waals surface area (Å²) in [5.74, 6) is -0.749. The van der Waals surface area contributed by atoms with Crippen LogP contribution in [0.4, 0.5) is 0 Å². The summed E-state index contributed by atoms with van der Waals surface area (Å²) in [6.07, 6.45) is 8.33. The zero-order chi connectivity index (χ0) is 10.4. The zero-order valence-corrected chi connectivity index (χ0v) is 8.92. The first-order chi connectivity index (χ1) is 6.43. The summed E-state index contributed by atoms with van der Waals surface area (Å²) in [7, 11) is 0. The predicted octanol–water partition coefficient (Wildman–Crippen LogP) is 2.84. The number of fused-ring (bicyclic) bond motifs is 2. The Labute approximate surface area is 85.0 Å². The molecule has 3 atom stereocenters. The number of aliphatic carboxylic acids is 1. The number of carboxylic acid groups (broad SMARTS) is 1. The highest BCUT2D eigenvalue weighted by molar-refractivity contribution is 5.70. The average molecular weight is 194 g/mol. The lowest BCUT2D eigenvalue weighted by Gasteiger charge is -2.48. The van der Waals surface area contributed by atoms with Crippen LogP contribution in [0.5, 0.6) is 0 Å². The summed E-state index contributed by atoms with van der Waals surface area (Å²) in [6.45, 7) is 4.42. The molecule has 1 N–H and O–H groups in total. The molecule has 0 aliphatic heterocycles. The Kier molecular flexibility index (Phi) is 1.98. The molecule has 2 rings (SSSR count). The number of allylic oxidation sites excluding steroid dienone is 2. The Morgan fingerprint density at radius 2 is 2.14 bits per heavy atom. The van der Waals surface area contributed by atoms with Gasteiger partial charge in [0.2, 0.25) is 0 Å². The molecule has 14 heavy (non-hydrogen) atoms. The van der Waals surface area contributed by atoms with Crippen LogP contribution in [0.15, 0.2) is 12.2 Å². The highest BCUT2D eigenvalue weighted by atomic mass is 16.4. The fourth-order valence-electron chi connectivity index (χ4n) is 3.43. The molecule has 0 amide bonds. The first-order valence-electron chi connectivity index (χ1n) is 5.33. The summed E-state index contributed by atoms with van der Waals surface area (Å²) < 4.78 is 0. The van der Waals surface area contributed by atoms with Gasteiger partial charge in [0.1, 0.15) is 0 Å². The second kappa shape index (κ2) is 2.85. The predicted molar refractivity (Wildman–Crippen MR) is 54.9 cm³/mol. The van der Waals surface area contributed by atoms with E-state index in [1.165, 1.54) is 0 Å². The molecular weight excluding hydrogens is 176 g/mol. The van der Waals surface area contributed by atoms with E-state index >= 15 is 0 Å². The minimum Gasteiger partial charge on any atom is -0.481 e. The van der Waals surface area contributed by atoms with Gasteiger partial charge in [0.15, 0.2) is 0 Å². The molecule has 2 nitrogen and oxygen atoms in total. The third kappa shape index (κ3) is 1.58. The van der Waals surface area contributed by atoms with Crippen molar-refractivity contribution in [3.63, 3.8) is 0 Å². The first-order valence-corrected chi connectivity index (χ1v) is 5.33. The smallest absolute Gasteiger partial charge is 0.306 e. The van der Waals surface area contributed by atoms with Gasteiger partial charge in [-0.15, -0.1) is 0 Å². The number of rotatable bonds is 1. The van der Waals surface area contributed by atoms with Gasteiger partial charge in [-0.2, -0.15) is 0 Å². The van der Waals surface area contributed by atoms with Crippen LogP contribution in [0.3, 0.4) is 0 Å². The third-order valence-corrected chi connectivity index (χ3v) is 3.76. The molecule has 0 aromatic heterocycles. The maximum Gasteiger partial charge on any atom is 0.306 e.